The van der Waals surface area contributed by atoms with Gasteiger partial charge in [-0.25, -0.2) is 0 Å². The summed E-state index contributed by atoms with van der Waals surface area (Å²) in [5.74, 6) is 0.568. The Hall–Kier alpha value is -0.610. The molecule has 104 valence electrons. The van der Waals surface area contributed by atoms with Crippen molar-refractivity contribution in [3.8, 4) is 0 Å². The van der Waals surface area contributed by atoms with Gasteiger partial charge in [0.1, 0.15) is 0 Å². The molecule has 18 heavy (non-hydrogen) atoms. The van der Waals surface area contributed by atoms with Crippen molar-refractivity contribution < 1.29 is 9.90 Å². The lowest BCUT2D eigenvalue weighted by molar-refractivity contribution is -0.129. The summed E-state index contributed by atoms with van der Waals surface area (Å²) in [6.07, 6.45) is 6.98. The summed E-state index contributed by atoms with van der Waals surface area (Å²) in [5, 5.41) is 12.6. The summed E-state index contributed by atoms with van der Waals surface area (Å²) in [4.78, 5) is 12.3. The second kappa shape index (κ2) is 5.57. The normalized spacial score (nSPS) is 41.4. The van der Waals surface area contributed by atoms with Crippen LogP contribution in [0.4, 0.5) is 0 Å². The molecule has 4 heteroatoms. The zero-order chi connectivity index (χ0) is 13.2. The van der Waals surface area contributed by atoms with Gasteiger partial charge in [-0.05, 0) is 44.4 Å². The molecule has 2 saturated carbocycles. The quantitative estimate of drug-likeness (QED) is 0.695. The second-order valence-corrected chi connectivity index (χ2v) is 6.34. The van der Waals surface area contributed by atoms with Crippen LogP contribution >= 0.6 is 0 Å². The Morgan fingerprint density at radius 2 is 1.94 bits per heavy atom. The van der Waals surface area contributed by atoms with Crippen LogP contribution in [0.5, 0.6) is 0 Å². The molecule has 2 unspecified atom stereocenters. The van der Waals surface area contributed by atoms with Crippen molar-refractivity contribution in [2.75, 3.05) is 0 Å². The van der Waals surface area contributed by atoms with Gasteiger partial charge in [-0.2, -0.15) is 0 Å². The summed E-state index contributed by atoms with van der Waals surface area (Å²) < 4.78 is 0. The van der Waals surface area contributed by atoms with Crippen LogP contribution in [0.3, 0.4) is 0 Å². The van der Waals surface area contributed by atoms with E-state index in [0.717, 1.165) is 44.9 Å². The first-order chi connectivity index (χ1) is 8.49. The molecule has 0 spiro atoms. The van der Waals surface area contributed by atoms with E-state index in [1.165, 1.54) is 6.42 Å². The van der Waals surface area contributed by atoms with E-state index in [4.69, 9.17) is 5.73 Å². The molecule has 4 nitrogen and oxygen atoms in total. The van der Waals surface area contributed by atoms with Gasteiger partial charge in [-0.15, -0.1) is 0 Å². The van der Waals surface area contributed by atoms with Crippen LogP contribution < -0.4 is 11.1 Å². The van der Waals surface area contributed by atoms with E-state index in [1.54, 1.807) is 0 Å². The molecule has 2 aliphatic carbocycles. The highest BCUT2D eigenvalue weighted by molar-refractivity contribution is 5.86. The van der Waals surface area contributed by atoms with Gasteiger partial charge >= 0.3 is 0 Å². The number of amides is 1. The summed E-state index contributed by atoms with van der Waals surface area (Å²) in [7, 11) is 0. The molecule has 0 saturated heterocycles. The number of aliphatic hydroxyl groups is 1. The Morgan fingerprint density at radius 3 is 2.56 bits per heavy atom. The molecule has 4 N–H and O–H groups in total. The fraction of sp³-hybridized carbons (Fsp3) is 0.929. The molecule has 0 aromatic carbocycles. The molecule has 0 heterocycles. The lowest BCUT2D eigenvalue weighted by Gasteiger charge is -2.37. The first kappa shape index (κ1) is 13.8. The van der Waals surface area contributed by atoms with Crippen LogP contribution in [0.1, 0.15) is 58.3 Å². The number of nitrogens with one attached hydrogen (secondary N) is 1. The molecule has 2 aliphatic rings. The van der Waals surface area contributed by atoms with Gasteiger partial charge < -0.3 is 16.2 Å². The number of aliphatic hydroxyl groups excluding tert-OH is 1. The number of nitrogens with two attached hydrogens (primary N) is 1. The minimum absolute atomic E-state index is 0.0236. The molecule has 0 aliphatic heterocycles. The summed E-state index contributed by atoms with van der Waals surface area (Å²) in [6, 6.07) is 0.207. The van der Waals surface area contributed by atoms with E-state index in [0.29, 0.717) is 5.92 Å². The van der Waals surface area contributed by atoms with E-state index >= 15 is 0 Å². The van der Waals surface area contributed by atoms with Crippen molar-refractivity contribution >= 4 is 5.91 Å². The summed E-state index contributed by atoms with van der Waals surface area (Å²) >= 11 is 0. The van der Waals surface area contributed by atoms with E-state index in [2.05, 4.69) is 12.2 Å². The van der Waals surface area contributed by atoms with E-state index in [-0.39, 0.29) is 18.1 Å². The summed E-state index contributed by atoms with van der Waals surface area (Å²) in [5.41, 5.74) is 5.62. The standard InChI is InChI=1S/C14H26N2O2/c1-10-3-2-8-14(15,9-10)13(18)16-11-4-6-12(17)7-5-11/h10-12,17H,2-9,15H2,1H3,(H,16,18). The molecular weight excluding hydrogens is 228 g/mol. The topological polar surface area (TPSA) is 75.4 Å². The molecule has 2 atom stereocenters. The maximum absolute atomic E-state index is 12.3. The number of carbonyl (C=O) groups is 1. The molecule has 0 aromatic heterocycles. The third-order valence-corrected chi connectivity index (χ3v) is 4.52. The van der Waals surface area contributed by atoms with Crippen LogP contribution in [0.25, 0.3) is 0 Å². The SMILES string of the molecule is CC1CCCC(N)(C(=O)NC2CCC(O)CC2)C1. The molecule has 2 rings (SSSR count). The molecule has 0 radical (unpaired) electrons. The highest BCUT2D eigenvalue weighted by Gasteiger charge is 2.38. The molecule has 0 bridgehead atoms. The van der Waals surface area contributed by atoms with Crippen LogP contribution in [0.2, 0.25) is 0 Å². The van der Waals surface area contributed by atoms with Gasteiger partial charge in [-0.3, -0.25) is 4.79 Å². The minimum atomic E-state index is -0.659. The van der Waals surface area contributed by atoms with Crippen LogP contribution in [-0.2, 0) is 4.79 Å². The average molecular weight is 254 g/mol. The fourth-order valence-electron chi connectivity index (χ4n) is 3.35. The van der Waals surface area contributed by atoms with Gasteiger partial charge in [0.15, 0.2) is 0 Å². The predicted molar refractivity (Wildman–Crippen MR) is 71.0 cm³/mol. The van der Waals surface area contributed by atoms with Crippen molar-refractivity contribution in [2.45, 2.75) is 76.0 Å². The Bertz CT molecular complexity index is 300. The van der Waals surface area contributed by atoms with Gasteiger partial charge in [0.25, 0.3) is 0 Å². The zero-order valence-corrected chi connectivity index (χ0v) is 11.3. The number of carbonyl (C=O) groups excluding carboxylic acids is 1. The van der Waals surface area contributed by atoms with Gasteiger partial charge in [0.05, 0.1) is 11.6 Å². The fourth-order valence-corrected chi connectivity index (χ4v) is 3.35. The smallest absolute Gasteiger partial charge is 0.240 e. The van der Waals surface area contributed by atoms with Crippen LogP contribution in [0.15, 0.2) is 0 Å². The predicted octanol–water partition coefficient (Wildman–Crippen LogP) is 1.31. The van der Waals surface area contributed by atoms with Gasteiger partial charge in [0.2, 0.25) is 5.91 Å². The molecule has 2 fully saturated rings. The van der Waals surface area contributed by atoms with E-state index in [9.17, 15) is 9.90 Å². The highest BCUT2D eigenvalue weighted by atomic mass is 16.3. The first-order valence-electron chi connectivity index (χ1n) is 7.27. The van der Waals surface area contributed by atoms with E-state index < -0.39 is 5.54 Å². The largest absolute Gasteiger partial charge is 0.393 e. The second-order valence-electron chi connectivity index (χ2n) is 6.34. The number of hydrogen-bond acceptors (Lipinski definition) is 3. The number of hydrogen-bond donors (Lipinski definition) is 3. The maximum Gasteiger partial charge on any atom is 0.240 e. The molecule has 0 aromatic rings. The van der Waals surface area contributed by atoms with Crippen molar-refractivity contribution in [3.63, 3.8) is 0 Å². The lowest BCUT2D eigenvalue weighted by atomic mass is 9.76. The maximum atomic E-state index is 12.3. The van der Waals surface area contributed by atoms with Crippen LogP contribution in [-0.4, -0.2) is 28.7 Å². The lowest BCUT2D eigenvalue weighted by Crippen LogP contribution is -2.58. The van der Waals surface area contributed by atoms with Crippen molar-refractivity contribution in [1.29, 1.82) is 0 Å². The Morgan fingerprint density at radius 1 is 1.28 bits per heavy atom. The monoisotopic (exact) mass is 254 g/mol. The van der Waals surface area contributed by atoms with Crippen molar-refractivity contribution in [3.05, 3.63) is 0 Å². The van der Waals surface area contributed by atoms with Crippen LogP contribution in [0, 0.1) is 5.92 Å². The first-order valence-corrected chi connectivity index (χ1v) is 7.27. The minimum Gasteiger partial charge on any atom is -0.393 e. The van der Waals surface area contributed by atoms with Crippen molar-refractivity contribution in [2.24, 2.45) is 11.7 Å². The summed E-state index contributed by atoms with van der Waals surface area (Å²) in [6.45, 7) is 2.17. The van der Waals surface area contributed by atoms with E-state index in [1.807, 2.05) is 0 Å². The molecule has 1 amide bonds. The third kappa shape index (κ3) is 3.23. The third-order valence-electron chi connectivity index (χ3n) is 4.52. The van der Waals surface area contributed by atoms with Gasteiger partial charge in [0, 0.05) is 6.04 Å². The van der Waals surface area contributed by atoms with Crippen molar-refractivity contribution in [1.82, 2.24) is 5.32 Å². The Kier molecular flexibility index (Phi) is 4.28. The zero-order valence-electron chi connectivity index (χ0n) is 11.3. The Balaban J connectivity index is 1.87. The Labute approximate surface area is 109 Å². The average Bonchev–Trinajstić information content (AvgIpc) is 2.32. The highest BCUT2D eigenvalue weighted by Crippen LogP contribution is 2.31. The number of rotatable bonds is 2. The van der Waals surface area contributed by atoms with Gasteiger partial charge in [-0.1, -0.05) is 19.8 Å². The molecular formula is C14H26N2O2.